The average molecular weight is 276 g/mol. The molecule has 2 rings (SSSR count). The largest absolute Gasteiger partial charge is 0.329 e. The molecule has 0 bridgehead atoms. The molecule has 4 nitrogen and oxygen atoms in total. The number of hydrogen-bond donors (Lipinski definition) is 1. The topological polar surface area (TPSA) is 59.2 Å². The Hall–Kier alpha value is -1.91. The van der Waals surface area contributed by atoms with Gasteiger partial charge >= 0.3 is 0 Å². The maximum atomic E-state index is 12.4. The Morgan fingerprint density at radius 1 is 1.26 bits per heavy atom. The van der Waals surface area contributed by atoms with Gasteiger partial charge in [0.2, 0.25) is 0 Å². The second-order valence-electron chi connectivity index (χ2n) is 3.96. The van der Waals surface area contributed by atoms with Crippen LogP contribution in [0.25, 0.3) is 0 Å². The molecule has 0 saturated heterocycles. The van der Waals surface area contributed by atoms with Crippen LogP contribution in [0.4, 0.5) is 5.69 Å². The monoisotopic (exact) mass is 275 g/mol. The molecule has 1 amide bonds. The molecule has 2 aromatic rings. The Kier molecular flexibility index (Phi) is 4.49. The van der Waals surface area contributed by atoms with E-state index in [9.17, 15) is 4.79 Å². The summed E-state index contributed by atoms with van der Waals surface area (Å²) >= 11 is 5.85. The Labute approximate surface area is 116 Å². The van der Waals surface area contributed by atoms with E-state index in [0.29, 0.717) is 23.7 Å². The van der Waals surface area contributed by atoms with Crippen molar-refractivity contribution in [2.45, 2.75) is 0 Å². The quantitative estimate of drug-likeness (QED) is 0.932. The summed E-state index contributed by atoms with van der Waals surface area (Å²) in [6, 6.07) is 10.6. The highest BCUT2D eigenvalue weighted by Crippen LogP contribution is 2.19. The van der Waals surface area contributed by atoms with Crippen molar-refractivity contribution in [3.63, 3.8) is 0 Å². The molecule has 0 fully saturated rings. The molecule has 0 radical (unpaired) electrons. The van der Waals surface area contributed by atoms with Crippen molar-refractivity contribution in [3.05, 3.63) is 59.4 Å². The second kappa shape index (κ2) is 6.31. The average Bonchev–Trinajstić information content (AvgIpc) is 2.46. The van der Waals surface area contributed by atoms with E-state index in [2.05, 4.69) is 4.98 Å². The van der Waals surface area contributed by atoms with E-state index in [1.165, 1.54) is 0 Å². The predicted octanol–water partition coefficient (Wildman–Crippen LogP) is 2.34. The first-order valence-corrected chi connectivity index (χ1v) is 6.27. The first kappa shape index (κ1) is 13.5. The third kappa shape index (κ3) is 3.30. The van der Waals surface area contributed by atoms with E-state index in [1.54, 1.807) is 53.7 Å². The smallest absolute Gasteiger partial charge is 0.259 e. The van der Waals surface area contributed by atoms with Gasteiger partial charge in [-0.15, -0.1) is 0 Å². The summed E-state index contributed by atoms with van der Waals surface area (Å²) in [6.07, 6.45) is 3.17. The second-order valence-corrected chi connectivity index (χ2v) is 4.40. The zero-order valence-electron chi connectivity index (χ0n) is 10.3. The van der Waals surface area contributed by atoms with Crippen LogP contribution >= 0.6 is 11.6 Å². The number of anilines is 1. The zero-order valence-corrected chi connectivity index (χ0v) is 11.0. The fourth-order valence-electron chi connectivity index (χ4n) is 1.74. The van der Waals surface area contributed by atoms with Gasteiger partial charge in [-0.2, -0.15) is 0 Å². The van der Waals surface area contributed by atoms with Crippen molar-refractivity contribution < 1.29 is 4.79 Å². The number of carbonyl (C=O) groups is 1. The number of nitrogens with zero attached hydrogens (tertiary/aromatic N) is 2. The first-order chi connectivity index (χ1) is 9.22. The van der Waals surface area contributed by atoms with Crippen molar-refractivity contribution in [1.29, 1.82) is 0 Å². The van der Waals surface area contributed by atoms with Crippen LogP contribution in [0.3, 0.4) is 0 Å². The van der Waals surface area contributed by atoms with Crippen molar-refractivity contribution in [2.24, 2.45) is 5.73 Å². The minimum Gasteiger partial charge on any atom is -0.329 e. The third-order valence-electron chi connectivity index (χ3n) is 2.64. The lowest BCUT2D eigenvalue weighted by Gasteiger charge is -2.22. The molecule has 0 unspecified atom stereocenters. The van der Waals surface area contributed by atoms with Gasteiger partial charge in [-0.3, -0.25) is 9.78 Å². The number of aromatic nitrogens is 1. The van der Waals surface area contributed by atoms with Crippen LogP contribution in [-0.4, -0.2) is 24.0 Å². The zero-order chi connectivity index (χ0) is 13.7. The fraction of sp³-hybridized carbons (Fsp3) is 0.143. The van der Waals surface area contributed by atoms with Gasteiger partial charge in [0, 0.05) is 36.2 Å². The molecule has 0 atom stereocenters. The molecule has 98 valence electrons. The van der Waals surface area contributed by atoms with Crippen LogP contribution < -0.4 is 10.6 Å². The minimum absolute atomic E-state index is 0.124. The van der Waals surface area contributed by atoms with Crippen LogP contribution in [0.5, 0.6) is 0 Å². The van der Waals surface area contributed by atoms with Crippen LogP contribution in [-0.2, 0) is 0 Å². The van der Waals surface area contributed by atoms with Gasteiger partial charge in [-0.25, -0.2) is 0 Å². The number of benzene rings is 1. The summed E-state index contributed by atoms with van der Waals surface area (Å²) in [7, 11) is 0. The normalized spacial score (nSPS) is 10.2. The Balaban J connectivity index is 2.30. The number of amides is 1. The number of nitrogens with two attached hydrogens (primary N) is 1. The van der Waals surface area contributed by atoms with Gasteiger partial charge in [-0.05, 0) is 36.4 Å². The summed E-state index contributed by atoms with van der Waals surface area (Å²) in [4.78, 5) is 18.0. The molecule has 0 saturated carbocycles. The van der Waals surface area contributed by atoms with Gasteiger partial charge in [0.15, 0.2) is 0 Å². The van der Waals surface area contributed by atoms with Crippen LogP contribution in [0, 0.1) is 0 Å². The predicted molar refractivity (Wildman–Crippen MR) is 76.4 cm³/mol. The number of hydrogen-bond acceptors (Lipinski definition) is 3. The van der Waals surface area contributed by atoms with E-state index < -0.39 is 0 Å². The highest BCUT2D eigenvalue weighted by molar-refractivity contribution is 6.30. The fourth-order valence-corrected chi connectivity index (χ4v) is 1.87. The summed E-state index contributed by atoms with van der Waals surface area (Å²) < 4.78 is 0. The number of carbonyl (C=O) groups excluding carboxylic acids is 1. The number of pyridine rings is 1. The van der Waals surface area contributed by atoms with E-state index in [1.807, 2.05) is 0 Å². The Morgan fingerprint density at radius 3 is 2.58 bits per heavy atom. The summed E-state index contributed by atoms with van der Waals surface area (Å²) in [5, 5.41) is 0.630. The number of rotatable bonds is 4. The van der Waals surface area contributed by atoms with Gasteiger partial charge in [-0.1, -0.05) is 11.6 Å². The maximum absolute atomic E-state index is 12.4. The molecular weight excluding hydrogens is 262 g/mol. The molecular formula is C14H14ClN3O. The van der Waals surface area contributed by atoms with Crippen LogP contribution in [0.2, 0.25) is 5.02 Å². The molecule has 0 aliphatic carbocycles. The summed E-state index contributed by atoms with van der Waals surface area (Å²) in [5.74, 6) is -0.124. The molecule has 0 aliphatic heterocycles. The van der Waals surface area contributed by atoms with E-state index in [0.717, 1.165) is 5.69 Å². The lowest BCUT2D eigenvalue weighted by atomic mass is 10.2. The minimum atomic E-state index is -0.124. The Morgan fingerprint density at radius 2 is 2.00 bits per heavy atom. The highest BCUT2D eigenvalue weighted by atomic mass is 35.5. The highest BCUT2D eigenvalue weighted by Gasteiger charge is 2.16. The van der Waals surface area contributed by atoms with Crippen molar-refractivity contribution in [2.75, 3.05) is 18.0 Å². The van der Waals surface area contributed by atoms with Gasteiger partial charge in [0.1, 0.15) is 0 Å². The van der Waals surface area contributed by atoms with Gasteiger partial charge in [0.25, 0.3) is 5.91 Å². The summed E-state index contributed by atoms with van der Waals surface area (Å²) in [6.45, 7) is 0.823. The van der Waals surface area contributed by atoms with Crippen LogP contribution in [0.1, 0.15) is 10.4 Å². The van der Waals surface area contributed by atoms with Crippen LogP contribution in [0.15, 0.2) is 48.8 Å². The molecule has 0 aliphatic rings. The summed E-state index contributed by atoms with van der Waals surface area (Å²) in [5.41, 5.74) is 6.88. The molecule has 1 heterocycles. The van der Waals surface area contributed by atoms with Crippen molar-refractivity contribution >= 4 is 23.2 Å². The van der Waals surface area contributed by atoms with Crippen molar-refractivity contribution in [3.8, 4) is 0 Å². The van der Waals surface area contributed by atoms with Crippen molar-refractivity contribution in [1.82, 2.24) is 4.98 Å². The Bertz CT molecular complexity index is 542. The SMILES string of the molecule is NCCN(C(=O)c1cccnc1)c1ccc(Cl)cc1. The molecule has 2 N–H and O–H groups in total. The lowest BCUT2D eigenvalue weighted by Crippen LogP contribution is -2.35. The number of halogens is 1. The third-order valence-corrected chi connectivity index (χ3v) is 2.90. The van der Waals surface area contributed by atoms with Gasteiger partial charge in [0.05, 0.1) is 5.56 Å². The molecule has 19 heavy (non-hydrogen) atoms. The standard InChI is InChI=1S/C14H14ClN3O/c15-12-3-5-13(6-4-12)18(9-7-16)14(19)11-2-1-8-17-10-11/h1-6,8,10H,7,9,16H2. The molecule has 1 aromatic heterocycles. The van der Waals surface area contributed by atoms with E-state index >= 15 is 0 Å². The maximum Gasteiger partial charge on any atom is 0.259 e. The molecule has 0 spiro atoms. The molecule has 1 aromatic carbocycles. The van der Waals surface area contributed by atoms with Gasteiger partial charge < -0.3 is 10.6 Å². The van der Waals surface area contributed by atoms with E-state index in [4.69, 9.17) is 17.3 Å². The molecule has 5 heteroatoms. The lowest BCUT2D eigenvalue weighted by molar-refractivity contribution is 0.0987. The first-order valence-electron chi connectivity index (χ1n) is 5.90. The van der Waals surface area contributed by atoms with E-state index in [-0.39, 0.29) is 5.91 Å².